The molecule has 0 saturated carbocycles. The smallest absolute Gasteiger partial charge is 0.306 e. The molecule has 0 saturated heterocycles. The number of hydrogen-bond acceptors (Lipinski definition) is 6. The Morgan fingerprint density at radius 1 is 1.18 bits per heavy atom. The molecule has 0 aliphatic carbocycles. The van der Waals surface area contributed by atoms with Crippen molar-refractivity contribution in [3.8, 4) is 5.88 Å². The number of ether oxygens (including phenoxy) is 2. The number of fused-ring (bicyclic) bond motifs is 1. The number of aromatic nitrogens is 3. The first-order chi connectivity index (χ1) is 18.4. The van der Waals surface area contributed by atoms with Gasteiger partial charge in [-0.15, -0.1) is 0 Å². The Morgan fingerprint density at radius 2 is 2.00 bits per heavy atom. The van der Waals surface area contributed by atoms with Gasteiger partial charge >= 0.3 is 5.97 Å². The van der Waals surface area contributed by atoms with E-state index >= 15 is 0 Å². The average molecular weight is 516 g/mol. The van der Waals surface area contributed by atoms with Gasteiger partial charge in [0.05, 0.1) is 31.9 Å². The fourth-order valence-electron chi connectivity index (χ4n) is 4.78. The maximum atomic E-state index is 12.5. The van der Waals surface area contributed by atoms with Gasteiger partial charge < -0.3 is 14.8 Å². The fraction of sp³-hybridized carbons (Fsp3) is 0.467. The lowest BCUT2D eigenvalue weighted by atomic mass is 9.88. The van der Waals surface area contributed by atoms with Crippen LogP contribution in [0.4, 0.5) is 11.5 Å². The van der Waals surface area contributed by atoms with Gasteiger partial charge in [0.15, 0.2) is 5.69 Å². The summed E-state index contributed by atoms with van der Waals surface area (Å²) in [5.74, 6) is 1.52. The molecule has 8 heteroatoms. The third-order valence-electron chi connectivity index (χ3n) is 6.85. The van der Waals surface area contributed by atoms with E-state index in [-0.39, 0.29) is 24.2 Å². The summed E-state index contributed by atoms with van der Waals surface area (Å²) in [6.07, 6.45) is 3.67. The summed E-state index contributed by atoms with van der Waals surface area (Å²) in [6.45, 7) is 15.3. The number of nitrogens with one attached hydrogen (secondary N) is 1. The van der Waals surface area contributed by atoms with Crippen LogP contribution in [-0.2, 0) is 35.8 Å². The van der Waals surface area contributed by atoms with Crippen LogP contribution < -0.4 is 10.1 Å². The van der Waals surface area contributed by atoms with Gasteiger partial charge in [0.25, 0.3) is 0 Å². The second-order valence-electron chi connectivity index (χ2n) is 10.1. The number of rotatable bonds is 11. The second kappa shape index (κ2) is 12.6. The van der Waals surface area contributed by atoms with Gasteiger partial charge in [-0.1, -0.05) is 49.2 Å². The van der Waals surface area contributed by atoms with Gasteiger partial charge in [0.1, 0.15) is 5.82 Å². The summed E-state index contributed by atoms with van der Waals surface area (Å²) in [5.41, 5.74) is 5.71. The lowest BCUT2D eigenvalue weighted by Crippen LogP contribution is -2.14. The van der Waals surface area contributed by atoms with E-state index < -0.39 is 0 Å². The second-order valence-corrected chi connectivity index (χ2v) is 10.1. The number of hydrogen-bond donors (Lipinski definition) is 1. The highest BCUT2D eigenvalue weighted by Gasteiger charge is 2.22. The van der Waals surface area contributed by atoms with E-state index in [1.807, 2.05) is 32.2 Å². The summed E-state index contributed by atoms with van der Waals surface area (Å²) in [6, 6.07) is 12.1. The predicted octanol–water partition coefficient (Wildman–Crippen LogP) is 5.75. The highest BCUT2D eigenvalue weighted by atomic mass is 16.5. The Hall–Kier alpha value is -3.86. The van der Waals surface area contributed by atoms with Gasteiger partial charge in [0.2, 0.25) is 5.88 Å². The van der Waals surface area contributed by atoms with E-state index in [2.05, 4.69) is 47.3 Å². The molecule has 4 rings (SSSR count). The van der Waals surface area contributed by atoms with Crippen LogP contribution in [0.2, 0.25) is 0 Å². The van der Waals surface area contributed by atoms with E-state index in [0.29, 0.717) is 37.6 Å². The Kier molecular flexibility index (Phi) is 9.01. The molecule has 0 spiro atoms. The summed E-state index contributed by atoms with van der Waals surface area (Å²) < 4.78 is 13.1. The Balaban J connectivity index is 1.47. The van der Waals surface area contributed by atoms with Gasteiger partial charge in [-0.05, 0) is 49.7 Å². The lowest BCUT2D eigenvalue weighted by molar-refractivity contribution is -0.143. The van der Waals surface area contributed by atoms with Crippen molar-refractivity contribution in [3.63, 3.8) is 0 Å². The van der Waals surface area contributed by atoms with Crippen LogP contribution in [0, 0.1) is 6.57 Å². The SMILES string of the molecule is [C-]#[N+]c1cc(C(C)C)cc(C(CC(=O)OCC)Cc2cc(OCCc3ccc4c(n3)NCCC4)n(C)n2)c1. The van der Waals surface area contributed by atoms with Crippen molar-refractivity contribution in [1.29, 1.82) is 0 Å². The van der Waals surface area contributed by atoms with E-state index in [1.165, 1.54) is 5.56 Å². The highest BCUT2D eigenvalue weighted by Crippen LogP contribution is 2.32. The predicted molar refractivity (Wildman–Crippen MR) is 148 cm³/mol. The van der Waals surface area contributed by atoms with E-state index in [9.17, 15) is 4.79 Å². The summed E-state index contributed by atoms with van der Waals surface area (Å²) >= 11 is 0. The number of aryl methyl sites for hydroxylation is 2. The fourth-order valence-corrected chi connectivity index (χ4v) is 4.78. The molecule has 0 amide bonds. The first-order valence-electron chi connectivity index (χ1n) is 13.4. The molecule has 1 unspecified atom stereocenters. The molecule has 1 N–H and O–H groups in total. The van der Waals surface area contributed by atoms with Gasteiger partial charge in [0, 0.05) is 31.8 Å². The zero-order valence-electron chi connectivity index (χ0n) is 22.8. The molecule has 0 radical (unpaired) electrons. The minimum absolute atomic E-state index is 0.164. The first-order valence-corrected chi connectivity index (χ1v) is 13.4. The van der Waals surface area contributed by atoms with Crippen LogP contribution in [0.1, 0.15) is 73.5 Å². The molecule has 8 nitrogen and oxygen atoms in total. The molecule has 0 bridgehead atoms. The molecular formula is C30H37N5O3. The van der Waals surface area contributed by atoms with Crippen LogP contribution >= 0.6 is 0 Å². The lowest BCUT2D eigenvalue weighted by Gasteiger charge is -2.18. The molecule has 3 aromatic rings. The van der Waals surface area contributed by atoms with Crippen molar-refractivity contribution in [1.82, 2.24) is 14.8 Å². The molecule has 200 valence electrons. The molecule has 3 heterocycles. The van der Waals surface area contributed by atoms with Crippen LogP contribution in [0.15, 0.2) is 36.4 Å². The average Bonchev–Trinajstić information content (AvgIpc) is 3.26. The maximum Gasteiger partial charge on any atom is 0.306 e. The molecule has 38 heavy (non-hydrogen) atoms. The number of esters is 1. The van der Waals surface area contributed by atoms with Crippen molar-refractivity contribution < 1.29 is 14.3 Å². The standard InChI is InChI=1S/C30H37N5O3/c1-6-37-29(36)18-24(23-14-22(20(2)3)15-26(16-23)31-4)17-27-19-28(35(5)34-27)38-13-11-25-10-9-21-8-7-12-32-30(21)33-25/h9-10,14-16,19-20,24H,6-8,11-13,17-18H2,1-3,5H3,(H,32,33). The first kappa shape index (κ1) is 27.2. The Morgan fingerprint density at radius 3 is 2.76 bits per heavy atom. The molecule has 1 aliphatic heterocycles. The van der Waals surface area contributed by atoms with Crippen LogP contribution in [0.25, 0.3) is 4.85 Å². The van der Waals surface area contributed by atoms with Crippen molar-refractivity contribution in [2.45, 2.75) is 64.7 Å². The Labute approximate surface area is 225 Å². The summed E-state index contributed by atoms with van der Waals surface area (Å²) in [7, 11) is 1.86. The largest absolute Gasteiger partial charge is 0.477 e. The molecular weight excluding hydrogens is 478 g/mol. The molecule has 2 aromatic heterocycles. The molecule has 0 fully saturated rings. The number of benzene rings is 1. The number of nitrogens with zero attached hydrogens (tertiary/aromatic N) is 4. The minimum atomic E-state index is -0.253. The zero-order valence-corrected chi connectivity index (χ0v) is 22.8. The van der Waals surface area contributed by atoms with Gasteiger partial charge in [-0.25, -0.2) is 14.5 Å². The van der Waals surface area contributed by atoms with Gasteiger partial charge in [-0.2, -0.15) is 5.10 Å². The number of pyridine rings is 1. The van der Waals surface area contributed by atoms with Crippen LogP contribution in [-0.4, -0.2) is 40.5 Å². The zero-order chi connectivity index (χ0) is 27.1. The molecule has 1 aliphatic rings. The normalized spacial score (nSPS) is 13.4. The maximum absolute atomic E-state index is 12.5. The molecule has 1 atom stereocenters. The third-order valence-corrected chi connectivity index (χ3v) is 6.85. The summed E-state index contributed by atoms with van der Waals surface area (Å²) in [4.78, 5) is 20.9. The topological polar surface area (TPSA) is 82.6 Å². The van der Waals surface area contributed by atoms with E-state index in [1.54, 1.807) is 4.68 Å². The highest BCUT2D eigenvalue weighted by molar-refractivity contribution is 5.71. The van der Waals surface area contributed by atoms with Crippen molar-refractivity contribution in [2.24, 2.45) is 7.05 Å². The van der Waals surface area contributed by atoms with Crippen LogP contribution in [0.5, 0.6) is 5.88 Å². The van der Waals surface area contributed by atoms with Crippen molar-refractivity contribution in [2.75, 3.05) is 25.1 Å². The number of carbonyl (C=O) groups is 1. The van der Waals surface area contributed by atoms with Crippen LogP contribution in [0.3, 0.4) is 0 Å². The van der Waals surface area contributed by atoms with E-state index in [0.717, 1.165) is 47.7 Å². The molecule has 1 aromatic carbocycles. The van der Waals surface area contributed by atoms with E-state index in [4.69, 9.17) is 21.0 Å². The monoisotopic (exact) mass is 515 g/mol. The Bertz CT molecular complexity index is 1310. The van der Waals surface area contributed by atoms with Gasteiger partial charge in [-0.3, -0.25) is 4.79 Å². The van der Waals surface area contributed by atoms with Crippen molar-refractivity contribution in [3.05, 3.63) is 75.9 Å². The minimum Gasteiger partial charge on any atom is -0.477 e. The quantitative estimate of drug-likeness (QED) is 0.259. The third kappa shape index (κ3) is 6.91. The van der Waals surface area contributed by atoms with Crippen molar-refractivity contribution >= 4 is 17.5 Å². The number of carbonyl (C=O) groups excluding carboxylic acids is 1. The summed E-state index contributed by atoms with van der Waals surface area (Å²) in [5, 5.41) is 8.04. The number of anilines is 1.